The van der Waals surface area contributed by atoms with Crippen LogP contribution in [-0.4, -0.2) is 16.2 Å². The summed E-state index contributed by atoms with van der Waals surface area (Å²) >= 11 is 1.86. The van der Waals surface area contributed by atoms with Gasteiger partial charge in [0.1, 0.15) is 6.73 Å². The maximum atomic E-state index is 11.1. The fourth-order valence-electron chi connectivity index (χ4n) is 0.768. The molecule has 0 spiro atoms. The van der Waals surface area contributed by atoms with Gasteiger partial charge in [0.15, 0.2) is 0 Å². The summed E-state index contributed by atoms with van der Waals surface area (Å²) in [5, 5.41) is 0. The number of H-pyrrole nitrogens is 1. The number of aromatic amines is 1. The van der Waals surface area contributed by atoms with Crippen molar-refractivity contribution in [1.29, 1.82) is 0 Å². The smallest absolute Gasteiger partial charge is 0.330 e. The van der Waals surface area contributed by atoms with E-state index >= 15 is 0 Å². The molecule has 0 saturated heterocycles. The summed E-state index contributed by atoms with van der Waals surface area (Å²) in [4.78, 5) is 24.3. The summed E-state index contributed by atoms with van der Waals surface area (Å²) in [5.41, 5.74) is -0.808. The number of nitrogens with zero attached hydrogens (tertiary/aromatic N) is 1. The fraction of sp³-hybridized carbons (Fsp3) is 0.429. The van der Waals surface area contributed by atoms with Crippen LogP contribution in [0.1, 0.15) is 6.92 Å². The first-order chi connectivity index (χ1) is 6.15. The molecule has 0 aliphatic rings. The number of nitrogens with one attached hydrogen (secondary N) is 1. The van der Waals surface area contributed by atoms with Gasteiger partial charge in [-0.25, -0.2) is 4.79 Å². The lowest BCUT2D eigenvalue weighted by molar-refractivity contribution is 0.0841. The molecule has 1 aromatic heterocycles. The van der Waals surface area contributed by atoms with E-state index in [2.05, 4.69) is 4.98 Å². The van der Waals surface area contributed by atoms with Crippen molar-refractivity contribution in [3.05, 3.63) is 30.6 Å². The largest absolute Gasteiger partial charge is 0.361 e. The molecule has 5 nitrogen and oxygen atoms in total. The lowest BCUT2D eigenvalue weighted by atomic mass is 10.6. The number of ether oxygens (including phenoxy) is 1. The van der Waals surface area contributed by atoms with E-state index in [1.165, 1.54) is 10.8 Å². The van der Waals surface area contributed by atoms with E-state index in [0.29, 0.717) is 10.2 Å². The molecule has 0 saturated carbocycles. The summed E-state index contributed by atoms with van der Waals surface area (Å²) in [6.07, 6.45) is 1.47. The Morgan fingerprint density at radius 1 is 1.62 bits per heavy atom. The van der Waals surface area contributed by atoms with Crippen LogP contribution in [0.5, 0.6) is 0 Å². The minimum atomic E-state index is -0.445. The van der Waals surface area contributed by atoms with Crippen molar-refractivity contribution in [2.45, 2.75) is 13.7 Å². The van der Waals surface area contributed by atoms with Crippen molar-refractivity contribution in [1.82, 2.24) is 9.55 Å². The van der Waals surface area contributed by atoms with Gasteiger partial charge in [-0.3, -0.25) is 14.3 Å². The average Bonchev–Trinajstić information content (AvgIpc) is 2.09. The highest BCUT2D eigenvalue weighted by molar-refractivity contribution is 14.1. The molecule has 1 rings (SSSR count). The molecule has 0 aliphatic heterocycles. The first-order valence-corrected chi connectivity index (χ1v) is 4.80. The van der Waals surface area contributed by atoms with E-state index in [0.717, 1.165) is 0 Å². The van der Waals surface area contributed by atoms with Crippen LogP contribution in [0.25, 0.3) is 0 Å². The SMILES string of the molecule is CCOCn1cc(I)c(=O)[nH]c1=O. The monoisotopic (exact) mass is 296 g/mol. The molecular weight excluding hydrogens is 287 g/mol. The third-order valence-corrected chi connectivity index (χ3v) is 2.17. The fourth-order valence-corrected chi connectivity index (χ4v) is 1.24. The second-order valence-electron chi connectivity index (χ2n) is 2.33. The van der Waals surface area contributed by atoms with Crippen LogP contribution in [0.3, 0.4) is 0 Å². The van der Waals surface area contributed by atoms with Gasteiger partial charge in [0.25, 0.3) is 5.56 Å². The molecule has 1 N–H and O–H groups in total. The minimum absolute atomic E-state index is 0.169. The van der Waals surface area contributed by atoms with Gasteiger partial charge < -0.3 is 4.74 Å². The summed E-state index contributed by atoms with van der Waals surface area (Å²) in [6, 6.07) is 0. The zero-order valence-corrected chi connectivity index (χ0v) is 9.20. The minimum Gasteiger partial charge on any atom is -0.361 e. The second-order valence-corrected chi connectivity index (χ2v) is 3.49. The molecule has 1 aromatic rings. The zero-order valence-electron chi connectivity index (χ0n) is 7.04. The van der Waals surface area contributed by atoms with Crippen molar-refractivity contribution in [3.8, 4) is 0 Å². The van der Waals surface area contributed by atoms with Crippen LogP contribution < -0.4 is 11.2 Å². The van der Waals surface area contributed by atoms with E-state index in [9.17, 15) is 9.59 Å². The maximum absolute atomic E-state index is 11.1. The lowest BCUT2D eigenvalue weighted by Gasteiger charge is -2.04. The van der Waals surface area contributed by atoms with Gasteiger partial charge in [0, 0.05) is 12.8 Å². The Morgan fingerprint density at radius 2 is 2.31 bits per heavy atom. The molecule has 0 atom stereocenters. The number of halogens is 1. The number of hydrogen-bond acceptors (Lipinski definition) is 3. The Bertz CT molecular complexity index is 395. The lowest BCUT2D eigenvalue weighted by Crippen LogP contribution is -2.31. The quantitative estimate of drug-likeness (QED) is 0.807. The van der Waals surface area contributed by atoms with Crippen molar-refractivity contribution in [2.75, 3.05) is 6.61 Å². The van der Waals surface area contributed by atoms with Gasteiger partial charge in [-0.05, 0) is 29.5 Å². The molecule has 72 valence electrons. The van der Waals surface area contributed by atoms with E-state index < -0.39 is 5.69 Å². The molecule has 0 amide bonds. The van der Waals surface area contributed by atoms with E-state index in [-0.39, 0.29) is 12.3 Å². The third kappa shape index (κ3) is 2.66. The average molecular weight is 296 g/mol. The zero-order chi connectivity index (χ0) is 9.84. The van der Waals surface area contributed by atoms with Crippen LogP contribution in [0, 0.1) is 3.57 Å². The first-order valence-electron chi connectivity index (χ1n) is 3.72. The molecule has 13 heavy (non-hydrogen) atoms. The van der Waals surface area contributed by atoms with E-state index in [1.54, 1.807) is 0 Å². The molecular formula is C7H9IN2O3. The van der Waals surface area contributed by atoms with Gasteiger partial charge in [-0.2, -0.15) is 0 Å². The highest BCUT2D eigenvalue weighted by Crippen LogP contribution is 1.92. The summed E-state index contributed by atoms with van der Waals surface area (Å²) < 4.78 is 6.81. The van der Waals surface area contributed by atoms with Crippen molar-refractivity contribution in [2.24, 2.45) is 0 Å². The highest BCUT2D eigenvalue weighted by Gasteiger charge is 2.00. The number of rotatable bonds is 3. The highest BCUT2D eigenvalue weighted by atomic mass is 127. The summed E-state index contributed by atoms with van der Waals surface area (Å²) in [5.74, 6) is 0. The normalized spacial score (nSPS) is 10.3. The number of hydrogen-bond donors (Lipinski definition) is 1. The molecule has 0 aliphatic carbocycles. The first kappa shape index (κ1) is 10.5. The Kier molecular flexibility index (Phi) is 3.67. The van der Waals surface area contributed by atoms with Crippen LogP contribution >= 0.6 is 22.6 Å². The van der Waals surface area contributed by atoms with Gasteiger partial charge >= 0.3 is 5.69 Å². The van der Waals surface area contributed by atoms with E-state index in [4.69, 9.17) is 4.74 Å². The predicted octanol–water partition coefficient (Wildman–Crippen LogP) is 0.135. The molecule has 1 heterocycles. The molecule has 0 aromatic carbocycles. The van der Waals surface area contributed by atoms with Crippen LogP contribution in [0.4, 0.5) is 0 Å². The number of aromatic nitrogens is 2. The van der Waals surface area contributed by atoms with Crippen molar-refractivity contribution < 1.29 is 4.74 Å². The molecule has 0 fully saturated rings. The summed E-state index contributed by atoms with van der Waals surface area (Å²) in [7, 11) is 0. The van der Waals surface area contributed by atoms with Crippen molar-refractivity contribution in [3.63, 3.8) is 0 Å². The standard InChI is InChI=1S/C7H9IN2O3/c1-2-13-4-10-3-5(8)6(11)9-7(10)12/h3H,2,4H2,1H3,(H,9,11,12). The molecule has 6 heteroatoms. The Morgan fingerprint density at radius 3 is 2.92 bits per heavy atom. The van der Waals surface area contributed by atoms with Crippen molar-refractivity contribution >= 4 is 22.6 Å². The summed E-state index contributed by atoms with van der Waals surface area (Å²) in [6.45, 7) is 2.53. The van der Waals surface area contributed by atoms with Crippen LogP contribution in [0.2, 0.25) is 0 Å². The van der Waals surface area contributed by atoms with Crippen LogP contribution in [0.15, 0.2) is 15.8 Å². The molecule has 0 unspecified atom stereocenters. The Hall–Kier alpha value is -0.630. The molecule has 0 radical (unpaired) electrons. The Balaban J connectivity index is 3.02. The van der Waals surface area contributed by atoms with Gasteiger partial charge in [-0.15, -0.1) is 0 Å². The molecule has 0 bridgehead atoms. The second kappa shape index (κ2) is 4.56. The predicted molar refractivity (Wildman–Crippen MR) is 55.7 cm³/mol. The topological polar surface area (TPSA) is 64.1 Å². The van der Waals surface area contributed by atoms with Gasteiger partial charge in [-0.1, -0.05) is 0 Å². The Labute approximate surface area is 87.9 Å². The van der Waals surface area contributed by atoms with Gasteiger partial charge in [0.05, 0.1) is 3.57 Å². The van der Waals surface area contributed by atoms with E-state index in [1.807, 2.05) is 29.5 Å². The third-order valence-electron chi connectivity index (χ3n) is 1.40. The maximum Gasteiger partial charge on any atom is 0.330 e. The van der Waals surface area contributed by atoms with Gasteiger partial charge in [0.2, 0.25) is 0 Å². The van der Waals surface area contributed by atoms with Crippen LogP contribution in [-0.2, 0) is 11.5 Å².